The molecule has 0 saturated heterocycles. The van der Waals surface area contributed by atoms with Gasteiger partial charge in [0.1, 0.15) is 5.75 Å². The van der Waals surface area contributed by atoms with Gasteiger partial charge in [-0.1, -0.05) is 34.1 Å². The first-order valence-electron chi connectivity index (χ1n) is 6.34. The molecule has 2 aromatic carbocycles. The fourth-order valence-corrected chi connectivity index (χ4v) is 2.08. The van der Waals surface area contributed by atoms with Crippen LogP contribution in [-0.2, 0) is 0 Å². The van der Waals surface area contributed by atoms with Gasteiger partial charge in [0.2, 0.25) is 0 Å². The number of rotatable bonds is 4. The number of nitrogens with zero attached hydrogens (tertiary/aromatic N) is 1. The van der Waals surface area contributed by atoms with Crippen molar-refractivity contribution in [3.05, 3.63) is 63.6 Å². The van der Waals surface area contributed by atoms with E-state index in [0.717, 1.165) is 15.6 Å². The van der Waals surface area contributed by atoms with E-state index >= 15 is 0 Å². The van der Waals surface area contributed by atoms with Crippen LogP contribution in [0.25, 0.3) is 0 Å². The van der Waals surface area contributed by atoms with E-state index < -0.39 is 0 Å². The molecule has 5 heteroatoms. The highest BCUT2D eigenvalue weighted by Gasteiger charge is 2.04. The Morgan fingerprint density at radius 2 is 2.10 bits per heavy atom. The van der Waals surface area contributed by atoms with Crippen molar-refractivity contribution in [3.8, 4) is 5.75 Å². The molecule has 0 radical (unpaired) electrons. The minimum atomic E-state index is -0.281. The Kier molecular flexibility index (Phi) is 5.11. The number of hydrogen-bond donors (Lipinski definition) is 1. The molecule has 0 spiro atoms. The van der Waals surface area contributed by atoms with E-state index in [-0.39, 0.29) is 5.91 Å². The number of carbonyl (C=O) groups excluding carboxylic acids is 1. The summed E-state index contributed by atoms with van der Waals surface area (Å²) in [6, 6.07) is 12.8. The minimum absolute atomic E-state index is 0.281. The van der Waals surface area contributed by atoms with Crippen LogP contribution in [0.2, 0.25) is 0 Å². The molecule has 2 aromatic rings. The summed E-state index contributed by atoms with van der Waals surface area (Å²) in [5.41, 5.74) is 5.04. The quantitative estimate of drug-likeness (QED) is 0.680. The first kappa shape index (κ1) is 15.3. The summed E-state index contributed by atoms with van der Waals surface area (Å²) >= 11 is 3.46. The maximum absolute atomic E-state index is 11.9. The van der Waals surface area contributed by atoms with Crippen molar-refractivity contribution < 1.29 is 9.53 Å². The number of amides is 1. The molecule has 21 heavy (non-hydrogen) atoms. The van der Waals surface area contributed by atoms with Gasteiger partial charge in [0.15, 0.2) is 0 Å². The Hall–Kier alpha value is -2.14. The second kappa shape index (κ2) is 7.04. The van der Waals surface area contributed by atoms with Crippen LogP contribution in [0.1, 0.15) is 21.5 Å². The Morgan fingerprint density at radius 1 is 1.29 bits per heavy atom. The molecule has 1 amide bonds. The molecular formula is C16H15BrN2O2. The number of aryl methyl sites for hydroxylation is 1. The zero-order chi connectivity index (χ0) is 15.2. The first-order chi connectivity index (χ1) is 10.1. The van der Waals surface area contributed by atoms with E-state index in [4.69, 9.17) is 4.74 Å². The van der Waals surface area contributed by atoms with E-state index in [1.54, 1.807) is 37.6 Å². The lowest BCUT2D eigenvalue weighted by atomic mass is 10.2. The van der Waals surface area contributed by atoms with E-state index in [0.29, 0.717) is 11.3 Å². The van der Waals surface area contributed by atoms with E-state index in [2.05, 4.69) is 26.5 Å². The number of hydrogen-bond acceptors (Lipinski definition) is 3. The van der Waals surface area contributed by atoms with Gasteiger partial charge in [-0.2, -0.15) is 5.10 Å². The second-order valence-electron chi connectivity index (χ2n) is 4.44. The standard InChI is InChI=1S/C16H15BrN2O2/c1-11-6-7-12(8-15(11)17)10-18-19-16(20)13-4-3-5-14(9-13)21-2/h3-10H,1-2H3,(H,19,20)/b18-10-. The molecule has 4 nitrogen and oxygen atoms in total. The fourth-order valence-electron chi connectivity index (χ4n) is 1.68. The smallest absolute Gasteiger partial charge is 0.271 e. The molecule has 0 atom stereocenters. The van der Waals surface area contributed by atoms with Crippen LogP contribution in [0, 0.1) is 6.92 Å². The van der Waals surface area contributed by atoms with Crippen LogP contribution in [0.4, 0.5) is 0 Å². The Morgan fingerprint density at radius 3 is 2.81 bits per heavy atom. The van der Waals surface area contributed by atoms with Gasteiger partial charge in [-0.15, -0.1) is 0 Å². The van der Waals surface area contributed by atoms with Crippen molar-refractivity contribution in [2.45, 2.75) is 6.92 Å². The van der Waals surface area contributed by atoms with Crippen LogP contribution in [0.3, 0.4) is 0 Å². The zero-order valence-corrected chi connectivity index (χ0v) is 13.3. The van der Waals surface area contributed by atoms with Gasteiger partial charge < -0.3 is 4.74 Å². The third kappa shape index (κ3) is 4.16. The average Bonchev–Trinajstić information content (AvgIpc) is 2.50. The average molecular weight is 347 g/mol. The van der Waals surface area contributed by atoms with E-state index in [1.165, 1.54) is 0 Å². The molecule has 108 valence electrons. The molecule has 2 rings (SSSR count). The lowest BCUT2D eigenvalue weighted by molar-refractivity contribution is 0.0955. The van der Waals surface area contributed by atoms with Crippen LogP contribution >= 0.6 is 15.9 Å². The molecule has 0 unspecified atom stereocenters. The van der Waals surface area contributed by atoms with Gasteiger partial charge in [-0.05, 0) is 42.3 Å². The normalized spacial score (nSPS) is 10.6. The zero-order valence-electron chi connectivity index (χ0n) is 11.8. The fraction of sp³-hybridized carbons (Fsp3) is 0.125. The molecule has 0 heterocycles. The number of nitrogens with one attached hydrogen (secondary N) is 1. The van der Waals surface area contributed by atoms with Gasteiger partial charge in [0, 0.05) is 10.0 Å². The Balaban J connectivity index is 2.02. The lowest BCUT2D eigenvalue weighted by Crippen LogP contribution is -2.17. The lowest BCUT2D eigenvalue weighted by Gasteiger charge is -2.03. The molecule has 0 aliphatic heterocycles. The summed E-state index contributed by atoms with van der Waals surface area (Å²) < 4.78 is 6.08. The maximum Gasteiger partial charge on any atom is 0.271 e. The first-order valence-corrected chi connectivity index (χ1v) is 7.13. The Bertz CT molecular complexity index is 684. The molecule has 0 saturated carbocycles. The summed E-state index contributed by atoms with van der Waals surface area (Å²) in [5, 5.41) is 3.96. The number of ether oxygens (including phenoxy) is 1. The van der Waals surface area contributed by atoms with Gasteiger partial charge in [0.25, 0.3) is 5.91 Å². The van der Waals surface area contributed by atoms with Gasteiger partial charge in [-0.3, -0.25) is 4.79 Å². The highest BCUT2D eigenvalue weighted by atomic mass is 79.9. The van der Waals surface area contributed by atoms with Crippen molar-refractivity contribution in [2.75, 3.05) is 7.11 Å². The van der Waals surface area contributed by atoms with Crippen LogP contribution in [0.5, 0.6) is 5.75 Å². The van der Waals surface area contributed by atoms with Crippen molar-refractivity contribution in [2.24, 2.45) is 5.10 Å². The SMILES string of the molecule is COc1cccc(C(=O)N/N=C\c2ccc(C)c(Br)c2)c1. The van der Waals surface area contributed by atoms with Crippen LogP contribution in [0.15, 0.2) is 52.0 Å². The van der Waals surface area contributed by atoms with E-state index in [9.17, 15) is 4.79 Å². The molecule has 0 aliphatic carbocycles. The molecule has 1 N–H and O–H groups in total. The highest BCUT2D eigenvalue weighted by Crippen LogP contribution is 2.16. The number of carbonyl (C=O) groups is 1. The van der Waals surface area contributed by atoms with Gasteiger partial charge >= 0.3 is 0 Å². The third-order valence-electron chi connectivity index (χ3n) is 2.91. The third-order valence-corrected chi connectivity index (χ3v) is 3.76. The summed E-state index contributed by atoms with van der Waals surface area (Å²) in [6.07, 6.45) is 1.60. The van der Waals surface area contributed by atoms with Gasteiger partial charge in [-0.25, -0.2) is 5.43 Å². The van der Waals surface area contributed by atoms with E-state index in [1.807, 2.05) is 25.1 Å². The van der Waals surface area contributed by atoms with Gasteiger partial charge in [0.05, 0.1) is 13.3 Å². The number of methoxy groups -OCH3 is 1. The summed E-state index contributed by atoms with van der Waals surface area (Å²) in [5.74, 6) is 0.352. The monoisotopic (exact) mass is 346 g/mol. The summed E-state index contributed by atoms with van der Waals surface area (Å²) in [7, 11) is 1.56. The van der Waals surface area contributed by atoms with Crippen LogP contribution in [-0.4, -0.2) is 19.2 Å². The number of benzene rings is 2. The summed E-state index contributed by atoms with van der Waals surface area (Å²) in [6.45, 7) is 2.01. The summed E-state index contributed by atoms with van der Waals surface area (Å²) in [4.78, 5) is 11.9. The largest absolute Gasteiger partial charge is 0.497 e. The molecule has 0 aliphatic rings. The van der Waals surface area contributed by atoms with Crippen molar-refractivity contribution in [3.63, 3.8) is 0 Å². The highest BCUT2D eigenvalue weighted by molar-refractivity contribution is 9.10. The topological polar surface area (TPSA) is 50.7 Å². The van der Waals surface area contributed by atoms with Crippen molar-refractivity contribution in [1.29, 1.82) is 0 Å². The predicted octanol–water partition coefficient (Wildman–Crippen LogP) is 3.53. The molecular weight excluding hydrogens is 332 g/mol. The molecule has 0 bridgehead atoms. The van der Waals surface area contributed by atoms with Crippen LogP contribution < -0.4 is 10.2 Å². The Labute approximate surface area is 132 Å². The molecule has 0 aromatic heterocycles. The number of hydrazone groups is 1. The predicted molar refractivity (Wildman–Crippen MR) is 86.9 cm³/mol. The number of halogens is 1. The molecule has 0 fully saturated rings. The minimum Gasteiger partial charge on any atom is -0.497 e. The van der Waals surface area contributed by atoms with Crippen molar-refractivity contribution >= 4 is 28.1 Å². The maximum atomic E-state index is 11.9. The van der Waals surface area contributed by atoms with Crippen molar-refractivity contribution in [1.82, 2.24) is 5.43 Å². The second-order valence-corrected chi connectivity index (χ2v) is 5.29.